The van der Waals surface area contributed by atoms with Crippen molar-refractivity contribution in [3.05, 3.63) is 0 Å². The Balaban J connectivity index is 1.80. The summed E-state index contributed by atoms with van der Waals surface area (Å²) in [4.78, 5) is 0. The van der Waals surface area contributed by atoms with Gasteiger partial charge in [-0.25, -0.2) is 0 Å². The van der Waals surface area contributed by atoms with Crippen molar-refractivity contribution in [1.29, 1.82) is 0 Å². The van der Waals surface area contributed by atoms with E-state index < -0.39 is 0 Å². The van der Waals surface area contributed by atoms with Gasteiger partial charge in [-0.05, 0) is 55.8 Å². The molecule has 0 saturated heterocycles. The highest BCUT2D eigenvalue weighted by atomic mass is 16.3. The average Bonchev–Trinajstić information content (AvgIpc) is 2.77. The van der Waals surface area contributed by atoms with Crippen molar-refractivity contribution in [2.45, 2.75) is 63.9 Å². The summed E-state index contributed by atoms with van der Waals surface area (Å²) in [7, 11) is 0. The first-order valence-corrected chi connectivity index (χ1v) is 6.49. The first-order chi connectivity index (χ1) is 6.81. The largest absolute Gasteiger partial charge is 0.393 e. The third-order valence-electron chi connectivity index (χ3n) is 5.33. The van der Waals surface area contributed by atoms with E-state index in [9.17, 15) is 5.11 Å². The Morgan fingerprint density at radius 1 is 1.00 bits per heavy atom. The minimum atomic E-state index is 0.0596. The van der Waals surface area contributed by atoms with Crippen LogP contribution in [0, 0.1) is 17.3 Å². The van der Waals surface area contributed by atoms with E-state index in [0.717, 1.165) is 18.3 Å². The SMILES string of the molecule is OC1CC2CCC1(C1CCCCC1)C2. The zero-order valence-electron chi connectivity index (χ0n) is 9.04. The van der Waals surface area contributed by atoms with Gasteiger partial charge in [0.2, 0.25) is 0 Å². The van der Waals surface area contributed by atoms with Crippen LogP contribution in [-0.4, -0.2) is 11.2 Å². The Labute approximate surface area is 86.9 Å². The van der Waals surface area contributed by atoms with Crippen molar-refractivity contribution in [2.24, 2.45) is 17.3 Å². The van der Waals surface area contributed by atoms with Crippen LogP contribution in [0.1, 0.15) is 57.8 Å². The van der Waals surface area contributed by atoms with Crippen molar-refractivity contribution in [1.82, 2.24) is 0 Å². The second-order valence-corrected chi connectivity index (χ2v) is 5.93. The van der Waals surface area contributed by atoms with E-state index in [4.69, 9.17) is 0 Å². The van der Waals surface area contributed by atoms with Crippen LogP contribution in [0.4, 0.5) is 0 Å². The molecule has 2 bridgehead atoms. The molecule has 0 spiro atoms. The van der Waals surface area contributed by atoms with Crippen LogP contribution < -0.4 is 0 Å². The summed E-state index contributed by atoms with van der Waals surface area (Å²) in [5, 5.41) is 10.2. The fraction of sp³-hybridized carbons (Fsp3) is 1.00. The van der Waals surface area contributed by atoms with Gasteiger partial charge in [0.25, 0.3) is 0 Å². The quantitative estimate of drug-likeness (QED) is 0.680. The molecule has 3 saturated carbocycles. The minimum Gasteiger partial charge on any atom is -0.393 e. The Bertz CT molecular complexity index is 219. The van der Waals surface area contributed by atoms with Crippen LogP contribution in [0.2, 0.25) is 0 Å². The fourth-order valence-electron chi connectivity index (χ4n) is 4.59. The average molecular weight is 194 g/mol. The molecule has 14 heavy (non-hydrogen) atoms. The highest BCUT2D eigenvalue weighted by molar-refractivity contribution is 5.05. The zero-order chi connectivity index (χ0) is 9.60. The second-order valence-electron chi connectivity index (χ2n) is 5.93. The summed E-state index contributed by atoms with van der Waals surface area (Å²) in [6, 6.07) is 0. The van der Waals surface area contributed by atoms with E-state index in [2.05, 4.69) is 0 Å². The molecule has 0 heterocycles. The molecule has 3 aliphatic rings. The van der Waals surface area contributed by atoms with Crippen LogP contribution in [0.3, 0.4) is 0 Å². The molecule has 3 unspecified atom stereocenters. The number of rotatable bonds is 1. The standard InChI is InChI=1S/C13H22O/c14-12-8-10-6-7-13(12,9-10)11-4-2-1-3-5-11/h10-12,14H,1-9H2. The molecule has 0 aromatic heterocycles. The maximum absolute atomic E-state index is 10.2. The number of aliphatic hydroxyl groups excluding tert-OH is 1. The van der Waals surface area contributed by atoms with Gasteiger partial charge < -0.3 is 5.11 Å². The maximum Gasteiger partial charge on any atom is 0.0601 e. The van der Waals surface area contributed by atoms with Crippen LogP contribution >= 0.6 is 0 Å². The lowest BCUT2D eigenvalue weighted by molar-refractivity contribution is -0.0157. The van der Waals surface area contributed by atoms with Crippen LogP contribution in [-0.2, 0) is 0 Å². The lowest BCUT2D eigenvalue weighted by atomic mass is 9.66. The van der Waals surface area contributed by atoms with E-state index in [1.165, 1.54) is 51.4 Å². The normalized spacial score (nSPS) is 48.6. The molecule has 0 aliphatic heterocycles. The molecule has 3 atom stereocenters. The van der Waals surface area contributed by atoms with E-state index in [1.807, 2.05) is 0 Å². The topological polar surface area (TPSA) is 20.2 Å². The van der Waals surface area contributed by atoms with Crippen LogP contribution in [0.25, 0.3) is 0 Å². The van der Waals surface area contributed by atoms with Gasteiger partial charge in [0.15, 0.2) is 0 Å². The smallest absolute Gasteiger partial charge is 0.0601 e. The Morgan fingerprint density at radius 2 is 1.79 bits per heavy atom. The summed E-state index contributed by atoms with van der Waals surface area (Å²) in [5.41, 5.74) is 0.394. The molecule has 1 heteroatoms. The van der Waals surface area contributed by atoms with Crippen molar-refractivity contribution in [3.8, 4) is 0 Å². The van der Waals surface area contributed by atoms with Crippen molar-refractivity contribution in [2.75, 3.05) is 0 Å². The first-order valence-electron chi connectivity index (χ1n) is 6.49. The van der Waals surface area contributed by atoms with E-state index >= 15 is 0 Å². The number of hydrogen-bond acceptors (Lipinski definition) is 1. The Morgan fingerprint density at radius 3 is 2.36 bits per heavy atom. The zero-order valence-corrected chi connectivity index (χ0v) is 9.04. The summed E-state index contributed by atoms with van der Waals surface area (Å²) in [6.07, 6.45) is 12.4. The Hall–Kier alpha value is -0.0400. The number of aliphatic hydroxyl groups is 1. The van der Waals surface area contributed by atoms with Crippen LogP contribution in [0.15, 0.2) is 0 Å². The molecule has 3 aliphatic carbocycles. The third kappa shape index (κ3) is 1.18. The van der Waals surface area contributed by atoms with Gasteiger partial charge >= 0.3 is 0 Å². The molecule has 1 N–H and O–H groups in total. The molecule has 3 fully saturated rings. The van der Waals surface area contributed by atoms with Crippen molar-refractivity contribution >= 4 is 0 Å². The van der Waals surface area contributed by atoms with E-state index in [-0.39, 0.29) is 6.10 Å². The first kappa shape index (κ1) is 9.21. The van der Waals surface area contributed by atoms with E-state index in [1.54, 1.807) is 0 Å². The molecular formula is C13H22O. The summed E-state index contributed by atoms with van der Waals surface area (Å²) in [6.45, 7) is 0. The van der Waals surface area contributed by atoms with Gasteiger partial charge in [-0.15, -0.1) is 0 Å². The lowest BCUT2D eigenvalue weighted by Gasteiger charge is -2.41. The molecular weight excluding hydrogens is 172 g/mol. The molecule has 0 amide bonds. The molecule has 0 aromatic carbocycles. The third-order valence-corrected chi connectivity index (χ3v) is 5.33. The maximum atomic E-state index is 10.2. The monoisotopic (exact) mass is 194 g/mol. The van der Waals surface area contributed by atoms with Gasteiger partial charge in [0, 0.05) is 0 Å². The molecule has 0 aromatic rings. The second kappa shape index (κ2) is 3.23. The van der Waals surface area contributed by atoms with Crippen molar-refractivity contribution < 1.29 is 5.11 Å². The Kier molecular flexibility index (Phi) is 2.12. The van der Waals surface area contributed by atoms with Gasteiger partial charge in [-0.3, -0.25) is 0 Å². The summed E-state index contributed by atoms with van der Waals surface area (Å²) >= 11 is 0. The number of hydrogen-bond donors (Lipinski definition) is 1. The molecule has 3 rings (SSSR count). The predicted molar refractivity (Wildman–Crippen MR) is 57.0 cm³/mol. The molecule has 0 radical (unpaired) electrons. The van der Waals surface area contributed by atoms with Gasteiger partial charge in [0.1, 0.15) is 0 Å². The van der Waals surface area contributed by atoms with Gasteiger partial charge in [-0.1, -0.05) is 19.3 Å². The summed E-state index contributed by atoms with van der Waals surface area (Å²) in [5.74, 6) is 1.76. The molecule has 1 nitrogen and oxygen atoms in total. The van der Waals surface area contributed by atoms with Crippen LogP contribution in [0.5, 0.6) is 0 Å². The molecule has 80 valence electrons. The fourth-order valence-corrected chi connectivity index (χ4v) is 4.59. The van der Waals surface area contributed by atoms with Gasteiger partial charge in [-0.2, -0.15) is 0 Å². The lowest BCUT2D eigenvalue weighted by Crippen LogP contribution is -2.38. The number of fused-ring (bicyclic) bond motifs is 2. The highest BCUT2D eigenvalue weighted by Gasteiger charge is 2.55. The summed E-state index contributed by atoms with van der Waals surface area (Å²) < 4.78 is 0. The van der Waals surface area contributed by atoms with Crippen molar-refractivity contribution in [3.63, 3.8) is 0 Å². The van der Waals surface area contributed by atoms with E-state index in [0.29, 0.717) is 5.41 Å². The minimum absolute atomic E-state index is 0.0596. The predicted octanol–water partition coefficient (Wildman–Crippen LogP) is 3.12. The highest BCUT2D eigenvalue weighted by Crippen LogP contribution is 2.60. The van der Waals surface area contributed by atoms with Gasteiger partial charge in [0.05, 0.1) is 6.10 Å².